The highest BCUT2D eigenvalue weighted by Crippen LogP contribution is 2.23. The van der Waals surface area contributed by atoms with E-state index in [1.807, 2.05) is 0 Å². The van der Waals surface area contributed by atoms with Gasteiger partial charge in [0.1, 0.15) is 5.75 Å². The standard InChI is InChI=1S/C11H15N3O4/c1-7(6-12)13-11(15)9-5-8(14(16)17)3-4-10(9)18-2/h3-5,7H,6,12H2,1-2H3,(H,13,15)/t7-/m0/s1. The fraction of sp³-hybridized carbons (Fsp3) is 0.364. The van der Waals surface area contributed by atoms with Crippen LogP contribution >= 0.6 is 0 Å². The topological polar surface area (TPSA) is 107 Å². The fourth-order valence-electron chi connectivity index (χ4n) is 1.35. The number of non-ortho nitro benzene ring substituents is 1. The Morgan fingerprint density at radius 3 is 2.78 bits per heavy atom. The fourth-order valence-corrected chi connectivity index (χ4v) is 1.35. The molecule has 1 rings (SSSR count). The molecule has 0 saturated carbocycles. The lowest BCUT2D eigenvalue weighted by Crippen LogP contribution is -2.37. The van der Waals surface area contributed by atoms with Crippen LogP contribution in [0.4, 0.5) is 5.69 Å². The van der Waals surface area contributed by atoms with Gasteiger partial charge in [-0.05, 0) is 13.0 Å². The highest BCUT2D eigenvalue weighted by molar-refractivity contribution is 5.97. The van der Waals surface area contributed by atoms with Crippen molar-refractivity contribution in [1.29, 1.82) is 0 Å². The van der Waals surface area contributed by atoms with E-state index >= 15 is 0 Å². The zero-order chi connectivity index (χ0) is 13.7. The van der Waals surface area contributed by atoms with Gasteiger partial charge in [-0.1, -0.05) is 0 Å². The van der Waals surface area contributed by atoms with Crippen LogP contribution in [-0.4, -0.2) is 30.5 Å². The number of nitro benzene ring substituents is 1. The molecule has 0 aliphatic rings. The van der Waals surface area contributed by atoms with Crippen molar-refractivity contribution >= 4 is 11.6 Å². The van der Waals surface area contributed by atoms with Crippen LogP contribution in [0.15, 0.2) is 18.2 Å². The number of benzene rings is 1. The van der Waals surface area contributed by atoms with Crippen LogP contribution in [0.1, 0.15) is 17.3 Å². The van der Waals surface area contributed by atoms with Crippen LogP contribution in [0.3, 0.4) is 0 Å². The third kappa shape index (κ3) is 3.17. The van der Waals surface area contributed by atoms with Gasteiger partial charge in [0, 0.05) is 24.7 Å². The molecule has 0 bridgehead atoms. The van der Waals surface area contributed by atoms with Crippen molar-refractivity contribution in [2.75, 3.05) is 13.7 Å². The molecule has 1 atom stereocenters. The first kappa shape index (κ1) is 13.9. The summed E-state index contributed by atoms with van der Waals surface area (Å²) in [6, 6.07) is 3.63. The molecular formula is C11H15N3O4. The van der Waals surface area contributed by atoms with Gasteiger partial charge in [0.2, 0.25) is 0 Å². The Bertz CT molecular complexity index is 462. The molecule has 98 valence electrons. The quantitative estimate of drug-likeness (QED) is 0.592. The average molecular weight is 253 g/mol. The summed E-state index contributed by atoms with van der Waals surface area (Å²) in [6.45, 7) is 2.02. The molecule has 0 saturated heterocycles. The van der Waals surface area contributed by atoms with Gasteiger partial charge >= 0.3 is 0 Å². The Balaban J connectivity index is 3.07. The number of hydrogen-bond donors (Lipinski definition) is 2. The van der Waals surface area contributed by atoms with E-state index in [2.05, 4.69) is 5.32 Å². The predicted octanol–water partition coefficient (Wildman–Crippen LogP) is 0.680. The third-order valence-corrected chi connectivity index (χ3v) is 2.37. The van der Waals surface area contributed by atoms with Crippen molar-refractivity contribution < 1.29 is 14.5 Å². The molecule has 0 unspecified atom stereocenters. The number of nitrogens with zero attached hydrogens (tertiary/aromatic N) is 1. The van der Waals surface area contributed by atoms with Crippen molar-refractivity contribution in [3.63, 3.8) is 0 Å². The number of nitro groups is 1. The molecule has 0 aliphatic heterocycles. The number of hydrogen-bond acceptors (Lipinski definition) is 5. The van der Waals surface area contributed by atoms with Crippen molar-refractivity contribution in [3.8, 4) is 5.75 Å². The summed E-state index contributed by atoms with van der Waals surface area (Å²) in [4.78, 5) is 22.0. The van der Waals surface area contributed by atoms with E-state index < -0.39 is 10.8 Å². The van der Waals surface area contributed by atoms with Crippen molar-refractivity contribution in [2.45, 2.75) is 13.0 Å². The lowest BCUT2D eigenvalue weighted by molar-refractivity contribution is -0.384. The average Bonchev–Trinajstić information content (AvgIpc) is 2.37. The maximum absolute atomic E-state index is 11.9. The number of nitrogens with two attached hydrogens (primary N) is 1. The number of carbonyl (C=O) groups is 1. The molecule has 0 radical (unpaired) electrons. The summed E-state index contributed by atoms with van der Waals surface area (Å²) in [5, 5.41) is 13.3. The Kier molecular flexibility index (Phi) is 4.61. The van der Waals surface area contributed by atoms with E-state index in [9.17, 15) is 14.9 Å². The van der Waals surface area contributed by atoms with E-state index in [1.165, 1.54) is 25.3 Å². The summed E-state index contributed by atoms with van der Waals surface area (Å²) in [7, 11) is 1.39. The van der Waals surface area contributed by atoms with Crippen LogP contribution in [0.5, 0.6) is 5.75 Å². The van der Waals surface area contributed by atoms with E-state index in [0.717, 1.165) is 0 Å². The lowest BCUT2D eigenvalue weighted by Gasteiger charge is -2.13. The van der Waals surface area contributed by atoms with Gasteiger partial charge < -0.3 is 15.8 Å². The molecule has 0 aromatic heterocycles. The SMILES string of the molecule is COc1ccc([N+](=O)[O-])cc1C(=O)N[C@@H](C)CN. The third-order valence-electron chi connectivity index (χ3n) is 2.37. The maximum atomic E-state index is 11.9. The second-order valence-corrected chi connectivity index (χ2v) is 3.75. The van der Waals surface area contributed by atoms with Crippen LogP contribution in [-0.2, 0) is 0 Å². The number of ether oxygens (including phenoxy) is 1. The summed E-state index contributed by atoms with van der Waals surface area (Å²) in [5.74, 6) is -0.171. The van der Waals surface area contributed by atoms with E-state index in [1.54, 1.807) is 6.92 Å². The Morgan fingerprint density at radius 1 is 1.61 bits per heavy atom. The van der Waals surface area contributed by atoms with Crippen LogP contribution in [0.25, 0.3) is 0 Å². The van der Waals surface area contributed by atoms with Gasteiger partial charge in [0.05, 0.1) is 17.6 Å². The van der Waals surface area contributed by atoms with Gasteiger partial charge in [0.15, 0.2) is 0 Å². The molecular weight excluding hydrogens is 238 g/mol. The first-order chi connectivity index (χ1) is 8.49. The number of rotatable bonds is 5. The Labute approximate surface area is 104 Å². The molecule has 0 fully saturated rings. The smallest absolute Gasteiger partial charge is 0.270 e. The molecule has 7 heteroatoms. The number of amides is 1. The first-order valence-electron chi connectivity index (χ1n) is 5.33. The number of nitrogens with one attached hydrogen (secondary N) is 1. The van der Waals surface area contributed by atoms with Gasteiger partial charge in [-0.15, -0.1) is 0 Å². The summed E-state index contributed by atoms with van der Waals surface area (Å²) >= 11 is 0. The summed E-state index contributed by atoms with van der Waals surface area (Å²) < 4.78 is 5.00. The molecule has 18 heavy (non-hydrogen) atoms. The largest absolute Gasteiger partial charge is 0.496 e. The predicted molar refractivity (Wildman–Crippen MR) is 65.6 cm³/mol. The second kappa shape index (κ2) is 5.97. The van der Waals surface area contributed by atoms with E-state index in [0.29, 0.717) is 0 Å². The normalized spacial score (nSPS) is 11.7. The van der Waals surface area contributed by atoms with Crippen molar-refractivity contribution in [1.82, 2.24) is 5.32 Å². The molecule has 0 heterocycles. The molecule has 1 aromatic carbocycles. The minimum Gasteiger partial charge on any atom is -0.496 e. The van der Waals surface area contributed by atoms with Crippen LogP contribution in [0.2, 0.25) is 0 Å². The molecule has 7 nitrogen and oxygen atoms in total. The lowest BCUT2D eigenvalue weighted by atomic mass is 10.1. The zero-order valence-corrected chi connectivity index (χ0v) is 10.2. The first-order valence-corrected chi connectivity index (χ1v) is 5.33. The maximum Gasteiger partial charge on any atom is 0.270 e. The van der Waals surface area contributed by atoms with Gasteiger partial charge in [0.25, 0.3) is 11.6 Å². The number of carbonyl (C=O) groups excluding carboxylic acids is 1. The van der Waals surface area contributed by atoms with Crippen LogP contribution < -0.4 is 15.8 Å². The van der Waals surface area contributed by atoms with Gasteiger partial charge in [-0.3, -0.25) is 14.9 Å². The molecule has 1 aromatic rings. The minimum absolute atomic E-state index is 0.118. The Morgan fingerprint density at radius 2 is 2.28 bits per heavy atom. The Hall–Kier alpha value is -2.15. The van der Waals surface area contributed by atoms with Gasteiger partial charge in [-0.2, -0.15) is 0 Å². The monoisotopic (exact) mass is 253 g/mol. The van der Waals surface area contributed by atoms with E-state index in [4.69, 9.17) is 10.5 Å². The highest BCUT2D eigenvalue weighted by atomic mass is 16.6. The van der Waals surface area contributed by atoms with Gasteiger partial charge in [-0.25, -0.2) is 0 Å². The zero-order valence-electron chi connectivity index (χ0n) is 10.2. The summed E-state index contributed by atoms with van der Waals surface area (Å²) in [5.41, 5.74) is 5.35. The molecule has 0 aliphatic carbocycles. The molecule has 0 spiro atoms. The number of methoxy groups -OCH3 is 1. The second-order valence-electron chi connectivity index (χ2n) is 3.75. The highest BCUT2D eigenvalue weighted by Gasteiger charge is 2.18. The minimum atomic E-state index is -0.567. The van der Waals surface area contributed by atoms with Crippen molar-refractivity contribution in [3.05, 3.63) is 33.9 Å². The molecule has 3 N–H and O–H groups in total. The molecule has 1 amide bonds. The van der Waals surface area contributed by atoms with Crippen LogP contribution in [0, 0.1) is 10.1 Å². The summed E-state index contributed by atoms with van der Waals surface area (Å²) in [6.07, 6.45) is 0. The van der Waals surface area contributed by atoms with Crippen molar-refractivity contribution in [2.24, 2.45) is 5.73 Å². The van der Waals surface area contributed by atoms with E-state index in [-0.39, 0.29) is 29.6 Å².